The third kappa shape index (κ3) is 3.31. The van der Waals surface area contributed by atoms with Crippen LogP contribution in [0, 0.1) is 6.92 Å². The number of nitrogens with zero attached hydrogens (tertiary/aromatic N) is 3. The Bertz CT molecular complexity index is 442. The first kappa shape index (κ1) is 14.4. The lowest BCUT2D eigenvalue weighted by Crippen LogP contribution is -2.36. The van der Waals surface area contributed by atoms with E-state index in [-0.39, 0.29) is 5.54 Å². The second-order valence-electron chi connectivity index (χ2n) is 6.23. The Morgan fingerprint density at radius 1 is 1.37 bits per heavy atom. The van der Waals surface area contributed by atoms with Gasteiger partial charge < -0.3 is 10.2 Å². The molecule has 0 spiro atoms. The van der Waals surface area contributed by atoms with Gasteiger partial charge in [-0.15, -0.1) is 0 Å². The van der Waals surface area contributed by atoms with Crippen LogP contribution >= 0.6 is 0 Å². The number of nitrogens with one attached hydrogen (secondary N) is 1. The number of hydrogen-bond donors (Lipinski definition) is 1. The molecule has 1 saturated heterocycles. The van der Waals surface area contributed by atoms with Gasteiger partial charge in [-0.3, -0.25) is 0 Å². The van der Waals surface area contributed by atoms with Crippen LogP contribution in [0.3, 0.4) is 0 Å². The molecule has 1 aromatic rings. The summed E-state index contributed by atoms with van der Waals surface area (Å²) in [5.41, 5.74) is 2.09. The van der Waals surface area contributed by atoms with E-state index < -0.39 is 0 Å². The monoisotopic (exact) mass is 262 g/mol. The zero-order valence-corrected chi connectivity index (χ0v) is 12.8. The Labute approximate surface area is 116 Å². The molecule has 1 aromatic heterocycles. The molecule has 19 heavy (non-hydrogen) atoms. The van der Waals surface area contributed by atoms with Crippen molar-refractivity contribution in [2.24, 2.45) is 0 Å². The molecule has 0 saturated carbocycles. The zero-order valence-electron chi connectivity index (χ0n) is 12.8. The topological polar surface area (TPSA) is 41.1 Å². The van der Waals surface area contributed by atoms with Crippen molar-refractivity contribution in [3.8, 4) is 0 Å². The first-order chi connectivity index (χ1) is 8.92. The predicted octanol–water partition coefficient (Wildman–Crippen LogP) is 2.05. The molecule has 1 aliphatic heterocycles. The van der Waals surface area contributed by atoms with Gasteiger partial charge in [0, 0.05) is 23.9 Å². The van der Waals surface area contributed by atoms with Gasteiger partial charge in [-0.1, -0.05) is 0 Å². The van der Waals surface area contributed by atoms with Crippen LogP contribution in [0.4, 0.5) is 0 Å². The van der Waals surface area contributed by atoms with E-state index in [9.17, 15) is 0 Å². The molecule has 1 atom stereocenters. The quantitative estimate of drug-likeness (QED) is 0.905. The molecule has 1 fully saturated rings. The molecule has 106 valence electrons. The predicted molar refractivity (Wildman–Crippen MR) is 78.3 cm³/mol. The van der Waals surface area contributed by atoms with Gasteiger partial charge in [0.05, 0.1) is 5.54 Å². The maximum Gasteiger partial charge on any atom is 0.148 e. The van der Waals surface area contributed by atoms with Crippen LogP contribution in [0.15, 0.2) is 6.07 Å². The molecule has 1 unspecified atom stereocenters. The highest BCUT2D eigenvalue weighted by atomic mass is 15.1. The standard InChI is InChI=1S/C15H26N4/c1-11-9-13(12-7-6-8-19(5)10-12)18-14(17-11)15(2,3)16-4/h9,12,16H,6-8,10H2,1-5H3. The van der Waals surface area contributed by atoms with Crippen LogP contribution in [0.25, 0.3) is 0 Å². The second-order valence-corrected chi connectivity index (χ2v) is 6.23. The van der Waals surface area contributed by atoms with Crippen LogP contribution in [-0.4, -0.2) is 42.1 Å². The Hall–Kier alpha value is -1.00. The number of piperidine rings is 1. The minimum atomic E-state index is -0.179. The van der Waals surface area contributed by atoms with Crippen molar-refractivity contribution in [2.45, 2.75) is 45.1 Å². The molecule has 0 radical (unpaired) electrons. The maximum atomic E-state index is 4.83. The first-order valence-electron chi connectivity index (χ1n) is 7.16. The molecule has 0 bridgehead atoms. The number of rotatable bonds is 3. The number of likely N-dealkylation sites (N-methyl/N-ethyl adjacent to an activating group) is 1. The molecule has 4 heteroatoms. The van der Waals surface area contributed by atoms with Crippen LogP contribution in [0.1, 0.15) is 49.8 Å². The molecule has 1 N–H and O–H groups in total. The minimum Gasteiger partial charge on any atom is -0.308 e. The third-order valence-corrected chi connectivity index (χ3v) is 4.10. The van der Waals surface area contributed by atoms with E-state index in [1.807, 2.05) is 7.05 Å². The van der Waals surface area contributed by atoms with Crippen molar-refractivity contribution >= 4 is 0 Å². The van der Waals surface area contributed by atoms with E-state index in [2.05, 4.69) is 49.1 Å². The van der Waals surface area contributed by atoms with Crippen LogP contribution < -0.4 is 5.32 Å². The molecule has 0 aromatic carbocycles. The Kier molecular flexibility index (Phi) is 4.21. The number of hydrogen-bond acceptors (Lipinski definition) is 4. The number of aryl methyl sites for hydroxylation is 1. The summed E-state index contributed by atoms with van der Waals surface area (Å²) >= 11 is 0. The summed E-state index contributed by atoms with van der Waals surface area (Å²) in [6.07, 6.45) is 2.50. The maximum absolute atomic E-state index is 4.83. The zero-order chi connectivity index (χ0) is 14.0. The fraction of sp³-hybridized carbons (Fsp3) is 0.733. The fourth-order valence-corrected chi connectivity index (χ4v) is 2.60. The summed E-state index contributed by atoms with van der Waals surface area (Å²) in [6.45, 7) is 8.62. The molecule has 0 amide bonds. The van der Waals surface area contributed by atoms with Gasteiger partial charge in [0.15, 0.2) is 0 Å². The normalized spacial score (nSPS) is 21.6. The average Bonchev–Trinajstić information content (AvgIpc) is 2.38. The highest BCUT2D eigenvalue weighted by Crippen LogP contribution is 2.26. The molecule has 2 rings (SSSR count). The van der Waals surface area contributed by atoms with E-state index in [1.165, 1.54) is 25.1 Å². The Morgan fingerprint density at radius 3 is 2.74 bits per heavy atom. The number of aromatic nitrogens is 2. The molecule has 4 nitrogen and oxygen atoms in total. The minimum absolute atomic E-state index is 0.179. The van der Waals surface area contributed by atoms with E-state index in [0.717, 1.165) is 18.1 Å². The molecular weight excluding hydrogens is 236 g/mol. The van der Waals surface area contributed by atoms with Gasteiger partial charge >= 0.3 is 0 Å². The van der Waals surface area contributed by atoms with Crippen molar-refractivity contribution in [3.63, 3.8) is 0 Å². The lowest BCUT2D eigenvalue weighted by atomic mass is 9.94. The van der Waals surface area contributed by atoms with E-state index in [4.69, 9.17) is 4.98 Å². The van der Waals surface area contributed by atoms with Crippen molar-refractivity contribution in [2.75, 3.05) is 27.2 Å². The highest BCUT2D eigenvalue weighted by Gasteiger charge is 2.25. The summed E-state index contributed by atoms with van der Waals surface area (Å²) in [6, 6.07) is 2.15. The highest BCUT2D eigenvalue weighted by molar-refractivity contribution is 5.18. The van der Waals surface area contributed by atoms with Crippen LogP contribution in [-0.2, 0) is 5.54 Å². The summed E-state index contributed by atoms with van der Waals surface area (Å²) in [7, 11) is 4.15. The van der Waals surface area contributed by atoms with Crippen molar-refractivity contribution in [1.82, 2.24) is 20.2 Å². The average molecular weight is 262 g/mol. The van der Waals surface area contributed by atoms with Crippen molar-refractivity contribution in [1.29, 1.82) is 0 Å². The smallest absolute Gasteiger partial charge is 0.148 e. The summed E-state index contributed by atoms with van der Waals surface area (Å²) in [5, 5.41) is 3.29. The molecule has 2 heterocycles. The lowest BCUT2D eigenvalue weighted by molar-refractivity contribution is 0.247. The van der Waals surface area contributed by atoms with Gasteiger partial charge in [0.2, 0.25) is 0 Å². The second kappa shape index (κ2) is 5.55. The SMILES string of the molecule is CNC(C)(C)c1nc(C)cc(C2CCCN(C)C2)n1. The van der Waals surface area contributed by atoms with E-state index >= 15 is 0 Å². The van der Waals surface area contributed by atoms with Gasteiger partial charge in [-0.2, -0.15) is 0 Å². The molecule has 0 aliphatic carbocycles. The van der Waals surface area contributed by atoms with Crippen LogP contribution in [0.2, 0.25) is 0 Å². The number of likely N-dealkylation sites (tertiary alicyclic amines) is 1. The van der Waals surface area contributed by atoms with Gasteiger partial charge in [0.1, 0.15) is 5.82 Å². The third-order valence-electron chi connectivity index (χ3n) is 4.10. The van der Waals surface area contributed by atoms with Crippen molar-refractivity contribution in [3.05, 3.63) is 23.3 Å². The first-order valence-corrected chi connectivity index (χ1v) is 7.16. The molecular formula is C15H26N4. The largest absolute Gasteiger partial charge is 0.308 e. The Balaban J connectivity index is 2.31. The molecule has 1 aliphatic rings. The Morgan fingerprint density at radius 2 is 2.11 bits per heavy atom. The van der Waals surface area contributed by atoms with E-state index in [0.29, 0.717) is 5.92 Å². The summed E-state index contributed by atoms with van der Waals surface area (Å²) in [5.74, 6) is 1.45. The van der Waals surface area contributed by atoms with Gasteiger partial charge in [-0.25, -0.2) is 9.97 Å². The summed E-state index contributed by atoms with van der Waals surface area (Å²) < 4.78 is 0. The lowest BCUT2D eigenvalue weighted by Gasteiger charge is -2.30. The van der Waals surface area contributed by atoms with Crippen molar-refractivity contribution < 1.29 is 0 Å². The summed E-state index contributed by atoms with van der Waals surface area (Å²) in [4.78, 5) is 11.8. The van der Waals surface area contributed by atoms with Crippen LogP contribution in [0.5, 0.6) is 0 Å². The van der Waals surface area contributed by atoms with Gasteiger partial charge in [-0.05, 0) is 60.3 Å². The fourth-order valence-electron chi connectivity index (χ4n) is 2.60. The van der Waals surface area contributed by atoms with E-state index in [1.54, 1.807) is 0 Å². The van der Waals surface area contributed by atoms with Gasteiger partial charge in [0.25, 0.3) is 0 Å².